The standard InChI is InChI=1S/C20H20N2O2/c1-23-19-9-5-8-18(14-19)22-12-13-24-20(22)16-10-11-21(15-16)17-6-3-2-4-7-17/h2-11,14-15,20H,12-13H2,1H3/t20-/m0/s1. The molecule has 1 atom stereocenters. The third kappa shape index (κ3) is 2.76. The number of methoxy groups -OCH3 is 1. The van der Waals surface area contributed by atoms with Gasteiger partial charge in [-0.15, -0.1) is 0 Å². The van der Waals surface area contributed by atoms with Crippen LogP contribution >= 0.6 is 0 Å². The van der Waals surface area contributed by atoms with Crippen LogP contribution in [0.4, 0.5) is 5.69 Å². The maximum absolute atomic E-state index is 6.00. The second kappa shape index (κ2) is 6.42. The molecule has 1 aliphatic heterocycles. The Hall–Kier alpha value is -2.72. The van der Waals surface area contributed by atoms with Crippen molar-refractivity contribution >= 4 is 5.69 Å². The Morgan fingerprint density at radius 3 is 2.67 bits per heavy atom. The second-order valence-electron chi connectivity index (χ2n) is 5.81. The van der Waals surface area contributed by atoms with Crippen LogP contribution in [0.3, 0.4) is 0 Å². The van der Waals surface area contributed by atoms with E-state index in [0.717, 1.165) is 35.8 Å². The first-order valence-electron chi connectivity index (χ1n) is 8.11. The van der Waals surface area contributed by atoms with E-state index in [9.17, 15) is 0 Å². The summed E-state index contributed by atoms with van der Waals surface area (Å²) in [6.45, 7) is 1.59. The van der Waals surface area contributed by atoms with Gasteiger partial charge >= 0.3 is 0 Å². The average Bonchev–Trinajstić information content (AvgIpc) is 3.31. The van der Waals surface area contributed by atoms with Gasteiger partial charge in [-0.25, -0.2) is 0 Å². The van der Waals surface area contributed by atoms with E-state index in [1.165, 1.54) is 0 Å². The SMILES string of the molecule is COc1cccc(N2CCO[C@H]2c2ccn(-c3ccccc3)c2)c1. The molecule has 0 aliphatic carbocycles. The molecule has 0 spiro atoms. The molecular weight excluding hydrogens is 300 g/mol. The van der Waals surface area contributed by atoms with Crippen molar-refractivity contribution in [2.75, 3.05) is 25.2 Å². The van der Waals surface area contributed by atoms with E-state index in [0.29, 0.717) is 0 Å². The molecule has 1 saturated heterocycles. The number of nitrogens with zero attached hydrogens (tertiary/aromatic N) is 2. The highest BCUT2D eigenvalue weighted by Crippen LogP contribution is 2.34. The number of rotatable bonds is 4. The molecule has 0 amide bonds. The second-order valence-corrected chi connectivity index (χ2v) is 5.81. The van der Waals surface area contributed by atoms with Crippen LogP contribution in [0, 0.1) is 0 Å². The lowest BCUT2D eigenvalue weighted by Crippen LogP contribution is -2.22. The lowest BCUT2D eigenvalue weighted by molar-refractivity contribution is 0.114. The fourth-order valence-corrected chi connectivity index (χ4v) is 3.12. The molecule has 4 rings (SSSR count). The van der Waals surface area contributed by atoms with Crippen LogP contribution in [0.1, 0.15) is 11.8 Å². The van der Waals surface area contributed by atoms with E-state index in [-0.39, 0.29) is 6.23 Å². The molecule has 0 saturated carbocycles. The molecule has 0 unspecified atom stereocenters. The molecule has 24 heavy (non-hydrogen) atoms. The van der Waals surface area contributed by atoms with E-state index in [2.05, 4.69) is 52.2 Å². The molecule has 0 bridgehead atoms. The quantitative estimate of drug-likeness (QED) is 0.726. The van der Waals surface area contributed by atoms with Crippen LogP contribution in [0.2, 0.25) is 0 Å². The Morgan fingerprint density at radius 1 is 1.00 bits per heavy atom. The Morgan fingerprint density at radius 2 is 1.83 bits per heavy atom. The fraction of sp³-hybridized carbons (Fsp3) is 0.200. The molecule has 4 heteroatoms. The number of anilines is 1. The molecule has 1 aromatic heterocycles. The van der Waals surface area contributed by atoms with Gasteiger partial charge in [0.2, 0.25) is 0 Å². The zero-order valence-corrected chi connectivity index (χ0v) is 13.6. The van der Waals surface area contributed by atoms with E-state index in [1.54, 1.807) is 7.11 Å². The van der Waals surface area contributed by atoms with Crippen molar-refractivity contribution < 1.29 is 9.47 Å². The van der Waals surface area contributed by atoms with Gasteiger partial charge in [0.1, 0.15) is 5.75 Å². The Labute approximate surface area is 141 Å². The smallest absolute Gasteiger partial charge is 0.158 e. The summed E-state index contributed by atoms with van der Waals surface area (Å²) in [5.41, 5.74) is 3.41. The maximum atomic E-state index is 6.00. The monoisotopic (exact) mass is 320 g/mol. The minimum Gasteiger partial charge on any atom is -0.497 e. The predicted octanol–water partition coefficient (Wildman–Crippen LogP) is 4.02. The third-order valence-corrected chi connectivity index (χ3v) is 4.33. The Kier molecular flexibility index (Phi) is 3.97. The summed E-state index contributed by atoms with van der Waals surface area (Å²) in [6.07, 6.45) is 4.15. The van der Waals surface area contributed by atoms with Crippen LogP contribution in [0.5, 0.6) is 5.75 Å². The first-order valence-corrected chi connectivity index (χ1v) is 8.11. The van der Waals surface area contributed by atoms with Gasteiger partial charge in [-0.3, -0.25) is 0 Å². The first kappa shape index (κ1) is 14.8. The number of para-hydroxylation sites is 1. The Bertz CT molecular complexity index is 813. The zero-order valence-electron chi connectivity index (χ0n) is 13.6. The minimum absolute atomic E-state index is 0.0675. The van der Waals surface area contributed by atoms with E-state index < -0.39 is 0 Å². The molecule has 0 radical (unpaired) electrons. The van der Waals surface area contributed by atoms with Crippen molar-refractivity contribution in [3.63, 3.8) is 0 Å². The maximum Gasteiger partial charge on any atom is 0.158 e. The van der Waals surface area contributed by atoms with Crippen LogP contribution < -0.4 is 9.64 Å². The average molecular weight is 320 g/mol. The van der Waals surface area contributed by atoms with Gasteiger partial charge in [-0.05, 0) is 30.3 Å². The molecule has 2 aromatic carbocycles. The Balaban J connectivity index is 1.62. The highest BCUT2D eigenvalue weighted by Gasteiger charge is 2.28. The molecule has 1 fully saturated rings. The molecule has 3 aromatic rings. The lowest BCUT2D eigenvalue weighted by Gasteiger charge is -2.25. The van der Waals surface area contributed by atoms with Gasteiger partial charge in [-0.1, -0.05) is 24.3 Å². The normalized spacial score (nSPS) is 17.2. The third-order valence-electron chi connectivity index (χ3n) is 4.33. The van der Waals surface area contributed by atoms with Gasteiger partial charge in [0.15, 0.2) is 6.23 Å². The number of aromatic nitrogens is 1. The molecule has 1 aliphatic rings. The van der Waals surface area contributed by atoms with Crippen molar-refractivity contribution in [3.05, 3.63) is 78.6 Å². The first-order chi connectivity index (χ1) is 11.8. The number of hydrogen-bond donors (Lipinski definition) is 0. The summed E-state index contributed by atoms with van der Waals surface area (Å²) in [6, 6.07) is 20.6. The van der Waals surface area contributed by atoms with Gasteiger partial charge in [0.05, 0.1) is 13.7 Å². The summed E-state index contributed by atoms with van der Waals surface area (Å²) in [7, 11) is 1.69. The summed E-state index contributed by atoms with van der Waals surface area (Å²) >= 11 is 0. The molecule has 122 valence electrons. The van der Waals surface area contributed by atoms with Gasteiger partial charge < -0.3 is 18.9 Å². The molecule has 2 heterocycles. The molecule has 4 nitrogen and oxygen atoms in total. The predicted molar refractivity (Wildman–Crippen MR) is 94.8 cm³/mol. The van der Waals surface area contributed by atoms with Crippen LogP contribution in [0.25, 0.3) is 5.69 Å². The molecular formula is C20H20N2O2. The minimum atomic E-state index is -0.0675. The highest BCUT2D eigenvalue weighted by molar-refractivity contribution is 5.53. The van der Waals surface area contributed by atoms with Crippen LogP contribution in [0.15, 0.2) is 73.1 Å². The van der Waals surface area contributed by atoms with Gasteiger partial charge in [-0.2, -0.15) is 0 Å². The van der Waals surface area contributed by atoms with Gasteiger partial charge in [0, 0.05) is 41.9 Å². The highest BCUT2D eigenvalue weighted by atomic mass is 16.5. The summed E-state index contributed by atoms with van der Waals surface area (Å²) in [4.78, 5) is 2.27. The summed E-state index contributed by atoms with van der Waals surface area (Å²) in [5.74, 6) is 0.861. The molecule has 0 N–H and O–H groups in total. The summed E-state index contributed by atoms with van der Waals surface area (Å²) in [5, 5.41) is 0. The number of hydrogen-bond acceptors (Lipinski definition) is 3. The van der Waals surface area contributed by atoms with Crippen LogP contribution in [-0.2, 0) is 4.74 Å². The number of ether oxygens (including phenoxy) is 2. The van der Waals surface area contributed by atoms with Crippen molar-refractivity contribution in [3.8, 4) is 11.4 Å². The van der Waals surface area contributed by atoms with Crippen molar-refractivity contribution in [1.29, 1.82) is 0 Å². The van der Waals surface area contributed by atoms with E-state index in [1.807, 2.05) is 30.3 Å². The van der Waals surface area contributed by atoms with Crippen molar-refractivity contribution in [1.82, 2.24) is 4.57 Å². The van der Waals surface area contributed by atoms with E-state index >= 15 is 0 Å². The fourth-order valence-electron chi connectivity index (χ4n) is 3.12. The van der Waals surface area contributed by atoms with Crippen molar-refractivity contribution in [2.24, 2.45) is 0 Å². The van der Waals surface area contributed by atoms with E-state index in [4.69, 9.17) is 9.47 Å². The number of benzene rings is 2. The van der Waals surface area contributed by atoms with Gasteiger partial charge in [0.25, 0.3) is 0 Å². The zero-order chi connectivity index (χ0) is 16.4. The summed E-state index contributed by atoms with van der Waals surface area (Å²) < 4.78 is 13.5. The lowest BCUT2D eigenvalue weighted by atomic mass is 10.2. The topological polar surface area (TPSA) is 26.6 Å². The van der Waals surface area contributed by atoms with Crippen LogP contribution in [-0.4, -0.2) is 24.8 Å². The van der Waals surface area contributed by atoms with Crippen molar-refractivity contribution in [2.45, 2.75) is 6.23 Å². The largest absolute Gasteiger partial charge is 0.497 e.